The van der Waals surface area contributed by atoms with Crippen molar-refractivity contribution in [3.05, 3.63) is 64.7 Å². The molecular formula is C19H17ClF2N2O3. The summed E-state index contributed by atoms with van der Waals surface area (Å²) in [6, 6.07) is 10.3. The highest BCUT2D eigenvalue weighted by Gasteiger charge is 2.24. The molecule has 1 saturated heterocycles. The standard InChI is InChI=1S/C19H17ClF2N2O3/c20-13-4-3-6-15(22)18(13)19(26)27-12-17(25)24-10-8-23(9-11-24)16-7-2-1-5-14(16)21/h1-7H,8-12H2. The SMILES string of the molecule is O=C(OCC(=O)N1CCN(c2ccccc2F)CC1)c1c(F)cccc1Cl. The molecular weight excluding hydrogens is 378 g/mol. The molecule has 0 aromatic heterocycles. The topological polar surface area (TPSA) is 49.9 Å². The lowest BCUT2D eigenvalue weighted by atomic mass is 10.2. The fourth-order valence-electron chi connectivity index (χ4n) is 2.89. The van der Waals surface area contributed by atoms with E-state index in [-0.39, 0.29) is 10.8 Å². The molecule has 3 rings (SSSR count). The molecule has 0 unspecified atom stereocenters. The molecule has 1 aliphatic heterocycles. The van der Waals surface area contributed by atoms with E-state index in [1.165, 1.54) is 23.1 Å². The van der Waals surface area contributed by atoms with Gasteiger partial charge in [-0.2, -0.15) is 0 Å². The summed E-state index contributed by atoms with van der Waals surface area (Å²) in [4.78, 5) is 27.6. The predicted molar refractivity (Wildman–Crippen MR) is 96.9 cm³/mol. The maximum absolute atomic E-state index is 13.8. The normalized spacial score (nSPS) is 14.2. The van der Waals surface area contributed by atoms with E-state index >= 15 is 0 Å². The number of carbonyl (C=O) groups is 2. The zero-order chi connectivity index (χ0) is 19.4. The molecule has 1 amide bonds. The van der Waals surface area contributed by atoms with Crippen LogP contribution in [0.2, 0.25) is 5.02 Å². The van der Waals surface area contributed by atoms with Crippen molar-refractivity contribution in [2.45, 2.75) is 0 Å². The maximum Gasteiger partial charge on any atom is 0.343 e. The van der Waals surface area contributed by atoms with Gasteiger partial charge in [-0.05, 0) is 24.3 Å². The van der Waals surface area contributed by atoms with Crippen LogP contribution < -0.4 is 4.90 Å². The van der Waals surface area contributed by atoms with E-state index in [1.54, 1.807) is 18.2 Å². The number of ether oxygens (including phenoxy) is 1. The average molecular weight is 395 g/mol. The number of amides is 1. The summed E-state index contributed by atoms with van der Waals surface area (Å²) in [7, 11) is 0. The van der Waals surface area contributed by atoms with Crippen LogP contribution in [-0.4, -0.2) is 49.6 Å². The van der Waals surface area contributed by atoms with Gasteiger partial charge in [0, 0.05) is 26.2 Å². The predicted octanol–water partition coefficient (Wildman–Crippen LogP) is 3.12. The first-order chi connectivity index (χ1) is 13.0. The van der Waals surface area contributed by atoms with Crippen molar-refractivity contribution >= 4 is 29.2 Å². The zero-order valence-electron chi connectivity index (χ0n) is 14.3. The van der Waals surface area contributed by atoms with Crippen LogP contribution in [0.3, 0.4) is 0 Å². The van der Waals surface area contributed by atoms with Crippen LogP contribution in [0.15, 0.2) is 42.5 Å². The minimum Gasteiger partial charge on any atom is -0.452 e. The molecule has 2 aromatic rings. The maximum atomic E-state index is 13.8. The molecule has 0 radical (unpaired) electrons. The molecule has 0 N–H and O–H groups in total. The van der Waals surface area contributed by atoms with Crippen molar-refractivity contribution in [2.75, 3.05) is 37.7 Å². The quantitative estimate of drug-likeness (QED) is 0.748. The molecule has 142 valence electrons. The van der Waals surface area contributed by atoms with Crippen LogP contribution in [0.5, 0.6) is 0 Å². The Balaban J connectivity index is 1.53. The molecule has 1 heterocycles. The van der Waals surface area contributed by atoms with Gasteiger partial charge >= 0.3 is 5.97 Å². The monoisotopic (exact) mass is 394 g/mol. The summed E-state index contributed by atoms with van der Waals surface area (Å²) in [5.41, 5.74) is 0.0987. The largest absolute Gasteiger partial charge is 0.452 e. The fraction of sp³-hybridized carbons (Fsp3) is 0.263. The number of carbonyl (C=O) groups excluding carboxylic acids is 2. The van der Waals surface area contributed by atoms with Gasteiger partial charge in [0.05, 0.1) is 10.7 Å². The molecule has 0 aliphatic carbocycles. The number of hydrogen-bond donors (Lipinski definition) is 0. The van der Waals surface area contributed by atoms with Crippen molar-refractivity contribution in [3.63, 3.8) is 0 Å². The van der Waals surface area contributed by atoms with E-state index < -0.39 is 29.9 Å². The first-order valence-electron chi connectivity index (χ1n) is 8.36. The first kappa shape index (κ1) is 19.1. The number of para-hydroxylation sites is 1. The number of esters is 1. The highest BCUT2D eigenvalue weighted by molar-refractivity contribution is 6.33. The molecule has 27 heavy (non-hydrogen) atoms. The Kier molecular flexibility index (Phi) is 5.91. The van der Waals surface area contributed by atoms with Gasteiger partial charge in [0.1, 0.15) is 17.2 Å². The third kappa shape index (κ3) is 4.36. The Bertz CT molecular complexity index is 834. The van der Waals surface area contributed by atoms with Crippen LogP contribution in [0, 0.1) is 11.6 Å². The van der Waals surface area contributed by atoms with Gasteiger partial charge in [0.2, 0.25) is 0 Å². The van der Waals surface area contributed by atoms with Crippen LogP contribution in [0.1, 0.15) is 10.4 Å². The van der Waals surface area contributed by atoms with Crippen molar-refractivity contribution in [1.29, 1.82) is 0 Å². The Morgan fingerprint density at radius 2 is 1.63 bits per heavy atom. The van der Waals surface area contributed by atoms with Gasteiger partial charge in [0.15, 0.2) is 6.61 Å². The molecule has 0 saturated carbocycles. The second-order valence-electron chi connectivity index (χ2n) is 5.99. The number of anilines is 1. The molecule has 0 bridgehead atoms. The van der Waals surface area contributed by atoms with E-state index in [4.69, 9.17) is 16.3 Å². The summed E-state index contributed by atoms with van der Waals surface area (Å²) in [6.07, 6.45) is 0. The number of hydrogen-bond acceptors (Lipinski definition) is 4. The molecule has 1 aliphatic rings. The number of piperazine rings is 1. The number of benzene rings is 2. The van der Waals surface area contributed by atoms with Gasteiger partial charge in [-0.25, -0.2) is 13.6 Å². The first-order valence-corrected chi connectivity index (χ1v) is 8.73. The van der Waals surface area contributed by atoms with E-state index in [9.17, 15) is 18.4 Å². The third-order valence-electron chi connectivity index (χ3n) is 4.32. The number of nitrogens with zero attached hydrogens (tertiary/aromatic N) is 2. The van der Waals surface area contributed by atoms with Crippen molar-refractivity contribution in [1.82, 2.24) is 4.90 Å². The van der Waals surface area contributed by atoms with Gasteiger partial charge in [0.25, 0.3) is 5.91 Å². The van der Waals surface area contributed by atoms with Crippen LogP contribution in [0.25, 0.3) is 0 Å². The van der Waals surface area contributed by atoms with Crippen LogP contribution in [0.4, 0.5) is 14.5 Å². The Morgan fingerprint density at radius 1 is 0.963 bits per heavy atom. The summed E-state index contributed by atoms with van der Waals surface area (Å²) in [5.74, 6) is -2.51. The lowest BCUT2D eigenvalue weighted by Gasteiger charge is -2.36. The van der Waals surface area contributed by atoms with E-state index in [0.717, 1.165) is 6.07 Å². The van der Waals surface area contributed by atoms with E-state index in [2.05, 4.69) is 0 Å². The average Bonchev–Trinajstić information content (AvgIpc) is 2.66. The summed E-state index contributed by atoms with van der Waals surface area (Å²) in [5, 5.41) is -0.0778. The molecule has 0 atom stereocenters. The van der Waals surface area contributed by atoms with Crippen LogP contribution in [-0.2, 0) is 9.53 Å². The Labute approximate surface area is 160 Å². The zero-order valence-corrected chi connectivity index (χ0v) is 15.1. The molecule has 1 fully saturated rings. The van der Waals surface area contributed by atoms with E-state index in [0.29, 0.717) is 31.9 Å². The number of rotatable bonds is 4. The lowest BCUT2D eigenvalue weighted by molar-refractivity contribution is -0.134. The van der Waals surface area contributed by atoms with Crippen molar-refractivity contribution in [3.8, 4) is 0 Å². The smallest absolute Gasteiger partial charge is 0.343 e. The van der Waals surface area contributed by atoms with Gasteiger partial charge in [-0.3, -0.25) is 4.79 Å². The Hall–Kier alpha value is -2.67. The molecule has 5 nitrogen and oxygen atoms in total. The lowest BCUT2D eigenvalue weighted by Crippen LogP contribution is -2.50. The Morgan fingerprint density at radius 3 is 2.30 bits per heavy atom. The summed E-state index contributed by atoms with van der Waals surface area (Å²) >= 11 is 5.80. The third-order valence-corrected chi connectivity index (χ3v) is 4.63. The highest BCUT2D eigenvalue weighted by Crippen LogP contribution is 2.21. The summed E-state index contributed by atoms with van der Waals surface area (Å²) in [6.45, 7) is 1.14. The summed E-state index contributed by atoms with van der Waals surface area (Å²) < 4.78 is 32.5. The molecule has 0 spiro atoms. The second-order valence-corrected chi connectivity index (χ2v) is 6.40. The highest BCUT2D eigenvalue weighted by atomic mass is 35.5. The van der Waals surface area contributed by atoms with Gasteiger partial charge in [-0.15, -0.1) is 0 Å². The minimum atomic E-state index is -0.989. The van der Waals surface area contributed by atoms with Crippen molar-refractivity contribution < 1.29 is 23.1 Å². The van der Waals surface area contributed by atoms with E-state index in [1.807, 2.05) is 4.90 Å². The van der Waals surface area contributed by atoms with Crippen LogP contribution >= 0.6 is 11.6 Å². The molecule has 8 heteroatoms. The second kappa shape index (κ2) is 8.35. The number of halogens is 3. The van der Waals surface area contributed by atoms with Gasteiger partial charge < -0.3 is 14.5 Å². The minimum absolute atomic E-state index is 0.0778. The molecule has 2 aromatic carbocycles. The van der Waals surface area contributed by atoms with Crippen molar-refractivity contribution in [2.24, 2.45) is 0 Å². The fourth-order valence-corrected chi connectivity index (χ4v) is 3.13. The van der Waals surface area contributed by atoms with Gasteiger partial charge in [-0.1, -0.05) is 29.8 Å².